The summed E-state index contributed by atoms with van der Waals surface area (Å²) in [6, 6.07) is 11.5. The molecule has 1 aromatic heterocycles. The lowest BCUT2D eigenvalue weighted by atomic mass is 9.68. The van der Waals surface area contributed by atoms with E-state index in [-0.39, 0.29) is 40.2 Å². The molecule has 12 nitrogen and oxygen atoms in total. The molecule has 2 aliphatic heterocycles. The molecule has 1 saturated carbocycles. The highest BCUT2D eigenvalue weighted by atomic mass is 127. The summed E-state index contributed by atoms with van der Waals surface area (Å²) in [4.78, 5) is 30.3. The van der Waals surface area contributed by atoms with Crippen LogP contribution in [0.1, 0.15) is 64.4 Å². The fourth-order valence-electron chi connectivity index (χ4n) is 8.70. The molecule has 2 bridgehead atoms. The van der Waals surface area contributed by atoms with Gasteiger partial charge in [0, 0.05) is 59.8 Å². The molecule has 296 valence electrons. The van der Waals surface area contributed by atoms with Crippen LogP contribution in [-0.4, -0.2) is 88.7 Å². The number of nitrogens with zero attached hydrogens (tertiary/aromatic N) is 4. The van der Waals surface area contributed by atoms with Gasteiger partial charge in [0.2, 0.25) is 5.88 Å². The predicted molar refractivity (Wildman–Crippen MR) is 221 cm³/mol. The Bertz CT molecular complexity index is 2090. The molecule has 1 N–H and O–H groups in total. The molecule has 3 aromatic rings. The Kier molecular flexibility index (Phi) is 12.2. The zero-order valence-corrected chi connectivity index (χ0v) is 35.4. The van der Waals surface area contributed by atoms with Gasteiger partial charge in [0.1, 0.15) is 21.2 Å². The van der Waals surface area contributed by atoms with Gasteiger partial charge in [-0.05, 0) is 85.4 Å². The van der Waals surface area contributed by atoms with Gasteiger partial charge in [0.15, 0.2) is 0 Å². The van der Waals surface area contributed by atoms with Crippen molar-refractivity contribution in [3.05, 3.63) is 82.0 Å². The van der Waals surface area contributed by atoms with Crippen LogP contribution in [0.15, 0.2) is 59.1 Å². The second kappa shape index (κ2) is 16.7. The van der Waals surface area contributed by atoms with Gasteiger partial charge in [-0.25, -0.2) is 4.21 Å². The first-order valence-corrected chi connectivity index (χ1v) is 22.4. The third kappa shape index (κ3) is 8.44. The average Bonchev–Trinajstić information content (AvgIpc) is 3.47. The molecule has 7 atom stereocenters. The van der Waals surface area contributed by atoms with Crippen LogP contribution in [0.2, 0.25) is 5.02 Å². The van der Waals surface area contributed by atoms with E-state index in [2.05, 4.69) is 59.9 Å². The number of carbonyl (C=O) groups excluding carboxylic acids is 2. The molecule has 7 rings (SSSR count). The van der Waals surface area contributed by atoms with Crippen LogP contribution in [0.25, 0.3) is 0 Å². The van der Waals surface area contributed by atoms with Crippen LogP contribution < -0.4 is 19.1 Å². The van der Waals surface area contributed by atoms with Crippen LogP contribution >= 0.6 is 34.2 Å². The predicted octanol–water partition coefficient (Wildman–Crippen LogP) is 6.58. The summed E-state index contributed by atoms with van der Waals surface area (Å²) in [6.45, 7) is 4.25. The summed E-state index contributed by atoms with van der Waals surface area (Å²) >= 11 is 8.73. The number of rotatable bonds is 7. The van der Waals surface area contributed by atoms with E-state index in [0.29, 0.717) is 31.4 Å². The number of carbonyl (C=O) groups is 2. The number of halogens is 2. The molecule has 3 heterocycles. The van der Waals surface area contributed by atoms with Crippen molar-refractivity contribution in [2.75, 3.05) is 55.6 Å². The van der Waals surface area contributed by atoms with Crippen LogP contribution in [0.4, 0.5) is 5.69 Å². The van der Waals surface area contributed by atoms with Gasteiger partial charge in [0.05, 0.1) is 44.0 Å². The van der Waals surface area contributed by atoms with E-state index in [9.17, 15) is 13.8 Å². The summed E-state index contributed by atoms with van der Waals surface area (Å²) in [7, 11) is 1.06. The number of benzene rings is 2. The topological polar surface area (TPSA) is 134 Å². The van der Waals surface area contributed by atoms with Crippen molar-refractivity contribution in [3.8, 4) is 11.6 Å². The fraction of sp³-hybridized carbons (Fsp3) is 0.525. The van der Waals surface area contributed by atoms with Crippen LogP contribution in [0.3, 0.4) is 0 Å². The van der Waals surface area contributed by atoms with Gasteiger partial charge >= 0.3 is 0 Å². The minimum atomic E-state index is -3.73. The van der Waals surface area contributed by atoms with Crippen molar-refractivity contribution < 1.29 is 32.7 Å². The molecule has 4 aliphatic rings. The Morgan fingerprint density at radius 2 is 1.98 bits per heavy atom. The molecule has 0 saturated heterocycles. The van der Waals surface area contributed by atoms with Gasteiger partial charge in [-0.2, -0.15) is 0 Å². The van der Waals surface area contributed by atoms with Gasteiger partial charge in [0.25, 0.3) is 11.8 Å². The van der Waals surface area contributed by atoms with Crippen LogP contribution in [-0.2, 0) is 38.3 Å². The van der Waals surface area contributed by atoms with Gasteiger partial charge in [-0.3, -0.25) is 19.0 Å². The Labute approximate surface area is 342 Å². The number of methoxy groups -OCH3 is 2. The fourth-order valence-corrected chi connectivity index (χ4v) is 11.0. The van der Waals surface area contributed by atoms with Crippen molar-refractivity contribution in [2.45, 2.75) is 56.7 Å². The van der Waals surface area contributed by atoms with Crippen molar-refractivity contribution in [2.24, 2.45) is 29.2 Å². The highest BCUT2D eigenvalue weighted by molar-refractivity contribution is 14.1. The van der Waals surface area contributed by atoms with Crippen molar-refractivity contribution in [1.29, 1.82) is 0 Å². The number of aryl methyl sites for hydroxylation is 2. The minimum Gasteiger partial charge on any atom is -0.490 e. The Hall–Kier alpha value is -3.18. The second-order valence-corrected chi connectivity index (χ2v) is 18.8. The third-order valence-corrected chi connectivity index (χ3v) is 14.2. The zero-order valence-electron chi connectivity index (χ0n) is 31.7. The van der Waals surface area contributed by atoms with Crippen molar-refractivity contribution in [3.63, 3.8) is 0 Å². The molecule has 55 heavy (non-hydrogen) atoms. The Balaban J connectivity index is 1.33. The quantitative estimate of drug-likeness (QED) is 0.159. The number of hydrogen-bond acceptors (Lipinski definition) is 9. The Morgan fingerprint density at radius 1 is 1.16 bits per heavy atom. The maximum absolute atomic E-state index is 14.9. The lowest BCUT2D eigenvalue weighted by Crippen LogP contribution is -2.49. The number of amides is 2. The first-order valence-electron chi connectivity index (χ1n) is 18.8. The Morgan fingerprint density at radius 3 is 2.73 bits per heavy atom. The molecule has 0 unspecified atom stereocenters. The van der Waals surface area contributed by atoms with Crippen LogP contribution in [0, 0.1) is 17.8 Å². The van der Waals surface area contributed by atoms with Gasteiger partial charge in [-0.1, -0.05) is 59.3 Å². The average molecular weight is 906 g/mol. The lowest BCUT2D eigenvalue weighted by molar-refractivity contribution is 0.0113. The molecule has 2 aliphatic carbocycles. The summed E-state index contributed by atoms with van der Waals surface area (Å²) in [6.07, 6.45) is 9.86. The third-order valence-electron chi connectivity index (χ3n) is 11.6. The standard InChI is InChI=1S/C40H49ClIN5O7S/c1-25-22-55(50,45-38(49)31-21-46(2)43-39(31)52-4)44-37(48)27-8-12-36-33(19-27)47(20-28-7-10-30(28)35(51-3)14-13-34(25)53-17-16-42)23-40(24-54-36)15-5-6-26-18-29(41)9-11-32(26)40/h8-9,11-14,18-19,21,25,28,30,34-35H,5-7,10,15-17,20,22-24H2,1-4H3,(H,44,45,48,49,50)/b14-13+/t25-,28+,30-,34+,35+,40+,55+/m1/s1. The highest BCUT2D eigenvalue weighted by Gasteiger charge is 2.44. The maximum atomic E-state index is 14.9. The number of fused-ring (bicyclic) bond motifs is 4. The number of hydrogen-bond donors (Lipinski definition) is 1. The van der Waals surface area contributed by atoms with E-state index in [1.165, 1.54) is 29.1 Å². The van der Waals surface area contributed by atoms with E-state index in [1.807, 2.05) is 25.1 Å². The largest absolute Gasteiger partial charge is 0.490 e. The number of nitrogens with one attached hydrogen (secondary N) is 1. The molecule has 1 fully saturated rings. The molecule has 2 amide bonds. The highest BCUT2D eigenvalue weighted by Crippen LogP contribution is 2.47. The monoisotopic (exact) mass is 905 g/mol. The summed E-state index contributed by atoms with van der Waals surface area (Å²) in [5, 5.41) is 4.90. The number of alkyl halides is 1. The van der Waals surface area contributed by atoms with Crippen LogP contribution in [0.5, 0.6) is 11.6 Å². The van der Waals surface area contributed by atoms with Gasteiger partial charge < -0.3 is 23.8 Å². The minimum absolute atomic E-state index is 0.0639. The lowest BCUT2D eigenvalue weighted by Gasteiger charge is -2.46. The van der Waals surface area contributed by atoms with E-state index in [4.69, 9.17) is 30.5 Å². The normalized spacial score (nSPS) is 29.8. The first-order chi connectivity index (χ1) is 26.4. The number of aromatic nitrogens is 2. The zero-order chi connectivity index (χ0) is 38.9. The molecular formula is C40H49ClIN5O7S. The van der Waals surface area contributed by atoms with E-state index in [1.54, 1.807) is 26.3 Å². The van der Waals surface area contributed by atoms with Gasteiger partial charge in [-0.15, -0.1) is 9.46 Å². The van der Waals surface area contributed by atoms with E-state index in [0.717, 1.165) is 53.8 Å². The summed E-state index contributed by atoms with van der Waals surface area (Å²) in [5.41, 5.74) is 3.32. The maximum Gasteiger partial charge on any atom is 0.286 e. The number of ether oxygens (including phenoxy) is 4. The van der Waals surface area contributed by atoms with E-state index >= 15 is 0 Å². The summed E-state index contributed by atoms with van der Waals surface area (Å²) in [5.74, 6) is -0.666. The number of anilines is 1. The van der Waals surface area contributed by atoms with Crippen molar-refractivity contribution >= 4 is 61.6 Å². The summed E-state index contributed by atoms with van der Waals surface area (Å²) < 4.78 is 48.5. The smallest absolute Gasteiger partial charge is 0.286 e. The molecular weight excluding hydrogens is 857 g/mol. The second-order valence-electron chi connectivity index (χ2n) is 15.2. The first kappa shape index (κ1) is 40.0. The van der Waals surface area contributed by atoms with E-state index < -0.39 is 33.8 Å². The van der Waals surface area contributed by atoms with Crippen molar-refractivity contribution in [1.82, 2.24) is 14.5 Å². The molecule has 0 radical (unpaired) electrons. The SMILES string of the molecule is COc1nn(C)cc1C(=O)N[S@@]1(=O)=NC(=O)c2ccc3c(c2)N(C[C@@H]2CC[C@H]2[C@@H](OC)/C=C/[C@H](OCCI)[C@H](C)C1)C[C@@]1(CCCc2cc(Cl)ccc21)CO3. The molecule has 2 aromatic carbocycles. The molecule has 1 spiro atoms. The molecule has 15 heteroatoms.